The Morgan fingerprint density at radius 3 is 2.29 bits per heavy atom. The smallest absolute Gasteiger partial charge is 0.198 e. The van der Waals surface area contributed by atoms with Crippen LogP contribution in [0.1, 0.15) is 31.2 Å². The normalized spacial score (nSPS) is 11.3. The van der Waals surface area contributed by atoms with Crippen molar-refractivity contribution in [2.24, 2.45) is 0 Å². The highest BCUT2D eigenvalue weighted by Crippen LogP contribution is 2.31. The molecule has 2 aromatic carbocycles. The zero-order valence-corrected chi connectivity index (χ0v) is 15.7. The van der Waals surface area contributed by atoms with Crippen LogP contribution in [-0.2, 0) is 0 Å². The third kappa shape index (κ3) is 3.28. The lowest BCUT2D eigenvalue weighted by Gasteiger charge is -2.09. The second-order valence-electron chi connectivity index (χ2n) is 5.77. The number of carbonyl (C=O) groups excluding carboxylic acids is 1. The first-order chi connectivity index (χ1) is 11.5. The maximum absolute atomic E-state index is 13.0. The van der Waals surface area contributed by atoms with Crippen LogP contribution >= 0.6 is 19.9 Å². The average molecular weight is 354 g/mol. The highest BCUT2D eigenvalue weighted by molar-refractivity contribution is 7.55. The quantitative estimate of drug-likeness (QED) is 0.562. The number of phenolic OH excluding ortho intramolecular Hbond substituents is 1. The summed E-state index contributed by atoms with van der Waals surface area (Å²) in [6.45, 7) is 5.96. The molecule has 0 fully saturated rings. The van der Waals surface area contributed by atoms with Crippen LogP contribution in [0.15, 0.2) is 48.5 Å². The Hall–Kier alpha value is -1.96. The van der Waals surface area contributed by atoms with Crippen molar-refractivity contribution in [3.05, 3.63) is 75.0 Å². The third-order valence-electron chi connectivity index (χ3n) is 4.09. The number of ketones is 1. The lowest BCUT2D eigenvalue weighted by molar-refractivity contribution is 0.103. The molecule has 1 aromatic heterocycles. The van der Waals surface area contributed by atoms with E-state index in [0.29, 0.717) is 14.1 Å². The van der Waals surface area contributed by atoms with Crippen molar-refractivity contribution in [3.63, 3.8) is 0 Å². The summed E-state index contributed by atoms with van der Waals surface area (Å²) in [4.78, 5) is 15.1. The summed E-state index contributed by atoms with van der Waals surface area (Å²) in [5.41, 5.74) is 2.13. The Bertz CT molecular complexity index is 898. The topological polar surface area (TPSA) is 37.3 Å². The van der Waals surface area contributed by atoms with E-state index in [1.165, 1.54) is 5.30 Å². The molecule has 0 aliphatic rings. The number of carbonyl (C=O) groups is 1. The molecule has 24 heavy (non-hydrogen) atoms. The lowest BCUT2D eigenvalue weighted by atomic mass is 9.99. The first kappa shape index (κ1) is 16.9. The molecule has 0 aliphatic carbocycles. The number of benzene rings is 2. The average Bonchev–Trinajstić information content (AvgIpc) is 2.82. The second-order valence-corrected chi connectivity index (χ2v) is 8.60. The van der Waals surface area contributed by atoms with Crippen molar-refractivity contribution in [2.45, 2.75) is 20.8 Å². The predicted octanol–water partition coefficient (Wildman–Crippen LogP) is 4.24. The largest absolute Gasteiger partial charge is 0.507 e. The summed E-state index contributed by atoms with van der Waals surface area (Å²) in [6, 6.07) is 15.5. The molecule has 1 N–H and O–H groups in total. The minimum Gasteiger partial charge on any atom is -0.507 e. The summed E-state index contributed by atoms with van der Waals surface area (Å²) < 4.78 is 0. The number of hydrogen-bond donors (Lipinski definition) is 1. The molecule has 1 atom stereocenters. The van der Waals surface area contributed by atoms with Gasteiger partial charge in [0.25, 0.3) is 0 Å². The molecule has 3 rings (SSSR count). The zero-order chi connectivity index (χ0) is 17.3. The van der Waals surface area contributed by atoms with E-state index < -0.39 is 0 Å². The number of aryl methyl sites for hydroxylation is 2. The Kier molecular flexibility index (Phi) is 4.84. The fourth-order valence-corrected chi connectivity index (χ4v) is 4.88. The Balaban J connectivity index is 1.98. The molecule has 2 nitrogen and oxygen atoms in total. The monoisotopic (exact) mass is 354 g/mol. The number of aromatic hydroxyl groups is 1. The maximum Gasteiger partial charge on any atom is 0.198 e. The fraction of sp³-hybridized carbons (Fsp3) is 0.150. The summed E-state index contributed by atoms with van der Waals surface area (Å²) in [5, 5.41) is 12.5. The van der Waals surface area contributed by atoms with E-state index in [2.05, 4.69) is 12.1 Å². The van der Waals surface area contributed by atoms with Gasteiger partial charge in [-0.15, -0.1) is 11.3 Å². The van der Waals surface area contributed by atoms with Gasteiger partial charge in [-0.1, -0.05) is 45.0 Å². The van der Waals surface area contributed by atoms with Crippen molar-refractivity contribution < 1.29 is 9.90 Å². The van der Waals surface area contributed by atoms with Crippen LogP contribution in [0.5, 0.6) is 5.75 Å². The molecule has 3 aromatic rings. The van der Waals surface area contributed by atoms with E-state index in [4.69, 9.17) is 0 Å². The van der Waals surface area contributed by atoms with Gasteiger partial charge in [-0.05, 0) is 49.1 Å². The summed E-state index contributed by atoms with van der Waals surface area (Å²) >= 11 is 1.63. The van der Waals surface area contributed by atoms with E-state index >= 15 is 0 Å². The van der Waals surface area contributed by atoms with Crippen molar-refractivity contribution in [1.29, 1.82) is 0 Å². The fourth-order valence-electron chi connectivity index (χ4n) is 2.75. The minimum atomic E-state index is -0.0911. The Morgan fingerprint density at radius 2 is 1.67 bits per heavy atom. The molecule has 0 bridgehead atoms. The number of rotatable bonds is 4. The molecule has 0 saturated heterocycles. The van der Waals surface area contributed by atoms with Crippen LogP contribution in [0.4, 0.5) is 0 Å². The van der Waals surface area contributed by atoms with Gasteiger partial charge in [0.05, 0.1) is 5.56 Å². The molecule has 4 heteroatoms. The summed E-state index contributed by atoms with van der Waals surface area (Å²) in [5.74, 6) is -0.0455. The van der Waals surface area contributed by atoms with E-state index in [0.717, 1.165) is 26.2 Å². The van der Waals surface area contributed by atoms with E-state index in [9.17, 15) is 9.90 Å². The Labute approximate surface area is 148 Å². The summed E-state index contributed by atoms with van der Waals surface area (Å²) in [6.07, 6.45) is 0. The molecule has 0 spiro atoms. The van der Waals surface area contributed by atoms with Gasteiger partial charge in [0.1, 0.15) is 5.75 Å². The predicted molar refractivity (Wildman–Crippen MR) is 104 cm³/mol. The molecule has 122 valence electrons. The van der Waals surface area contributed by atoms with E-state index in [1.807, 2.05) is 51.1 Å². The van der Waals surface area contributed by atoms with Crippen LogP contribution in [0.3, 0.4) is 0 Å². The van der Waals surface area contributed by atoms with Crippen molar-refractivity contribution in [1.82, 2.24) is 0 Å². The van der Waals surface area contributed by atoms with Crippen LogP contribution in [-0.4, -0.2) is 10.9 Å². The van der Waals surface area contributed by atoms with Crippen LogP contribution < -0.4 is 10.6 Å². The molecule has 1 heterocycles. The molecule has 0 amide bonds. The standard InChI is InChI=1S/C20H19O2PS/c1-12-13(2)24-14(3)19(12)20(22)17-11-16(9-10-18(17)21)23-15-7-5-4-6-8-15/h4-11,21,23H,1-3H3. The molecule has 0 radical (unpaired) electrons. The van der Waals surface area contributed by atoms with Crippen molar-refractivity contribution >= 4 is 36.3 Å². The molecule has 1 unspecified atom stereocenters. The van der Waals surface area contributed by atoms with Gasteiger partial charge in [0.15, 0.2) is 5.78 Å². The van der Waals surface area contributed by atoms with Gasteiger partial charge in [0, 0.05) is 15.3 Å². The van der Waals surface area contributed by atoms with Crippen LogP contribution in [0.25, 0.3) is 0 Å². The number of phenols is 1. The zero-order valence-electron chi connectivity index (χ0n) is 13.9. The highest BCUT2D eigenvalue weighted by Gasteiger charge is 2.21. The van der Waals surface area contributed by atoms with Gasteiger partial charge >= 0.3 is 0 Å². The van der Waals surface area contributed by atoms with Crippen LogP contribution in [0.2, 0.25) is 0 Å². The van der Waals surface area contributed by atoms with Crippen molar-refractivity contribution in [2.75, 3.05) is 0 Å². The maximum atomic E-state index is 13.0. The lowest BCUT2D eigenvalue weighted by Crippen LogP contribution is -2.09. The first-order valence-electron chi connectivity index (χ1n) is 7.73. The number of thiophene rings is 1. The van der Waals surface area contributed by atoms with Crippen molar-refractivity contribution in [3.8, 4) is 5.75 Å². The molecular formula is C20H19O2PS. The molecule has 0 saturated carbocycles. The van der Waals surface area contributed by atoms with Gasteiger partial charge in [-0.25, -0.2) is 0 Å². The molecule has 0 aliphatic heterocycles. The second kappa shape index (κ2) is 6.88. The minimum absolute atomic E-state index is 0.0456. The van der Waals surface area contributed by atoms with Crippen LogP contribution in [0, 0.1) is 20.8 Å². The van der Waals surface area contributed by atoms with Gasteiger partial charge in [-0.2, -0.15) is 0 Å². The summed E-state index contributed by atoms with van der Waals surface area (Å²) in [7, 11) is 0.459. The number of hydrogen-bond acceptors (Lipinski definition) is 3. The SMILES string of the molecule is Cc1sc(C)c(C(=O)c2cc(Pc3ccccc3)ccc2O)c1C. The van der Waals surface area contributed by atoms with Gasteiger partial charge in [-0.3, -0.25) is 4.79 Å². The van der Waals surface area contributed by atoms with E-state index in [-0.39, 0.29) is 11.5 Å². The molecular weight excluding hydrogens is 335 g/mol. The highest BCUT2D eigenvalue weighted by atomic mass is 32.1. The first-order valence-corrected chi connectivity index (χ1v) is 9.55. The van der Waals surface area contributed by atoms with Gasteiger partial charge < -0.3 is 5.11 Å². The van der Waals surface area contributed by atoms with Gasteiger partial charge in [0.2, 0.25) is 0 Å². The third-order valence-corrected chi connectivity index (χ3v) is 6.44. The van der Waals surface area contributed by atoms with E-state index in [1.54, 1.807) is 17.4 Å². The Morgan fingerprint density at radius 1 is 0.958 bits per heavy atom.